The molecule has 1 aliphatic heterocycles. The smallest absolute Gasteiger partial charge is 0.441 e. The van der Waals surface area contributed by atoms with Crippen molar-refractivity contribution in [3.63, 3.8) is 0 Å². The first kappa shape index (κ1) is 12.5. The van der Waals surface area contributed by atoms with Gasteiger partial charge in [0, 0.05) is 12.5 Å². The standard InChI is InChI=1S/C10H15N3O3/c1-2-16-10(15)8(13-11)9(14)7-4-3-5-12-6-7/h7,12H,2-6H2,1H3. The summed E-state index contributed by atoms with van der Waals surface area (Å²) < 4.78 is 4.64. The molecule has 1 heterocycles. The maximum absolute atomic E-state index is 11.8. The first-order valence-electron chi connectivity index (χ1n) is 5.34. The van der Waals surface area contributed by atoms with Crippen LogP contribution < -0.4 is 5.32 Å². The fourth-order valence-corrected chi connectivity index (χ4v) is 1.66. The second kappa shape index (κ2) is 6.15. The lowest BCUT2D eigenvalue weighted by atomic mass is 9.92. The predicted molar refractivity (Wildman–Crippen MR) is 55.9 cm³/mol. The molecular formula is C10H15N3O3. The van der Waals surface area contributed by atoms with Crippen molar-refractivity contribution in [3.05, 3.63) is 5.53 Å². The predicted octanol–water partition coefficient (Wildman–Crippen LogP) is -0.211. The first-order valence-corrected chi connectivity index (χ1v) is 5.34. The number of ketones is 1. The van der Waals surface area contributed by atoms with Crippen LogP contribution in [0.1, 0.15) is 19.8 Å². The summed E-state index contributed by atoms with van der Waals surface area (Å²) in [5.41, 5.74) is 8.17. The van der Waals surface area contributed by atoms with E-state index in [0.717, 1.165) is 13.0 Å². The van der Waals surface area contributed by atoms with Crippen LogP contribution in [-0.4, -0.2) is 42.0 Å². The Labute approximate surface area is 93.6 Å². The van der Waals surface area contributed by atoms with Crippen LogP contribution >= 0.6 is 0 Å². The number of ether oxygens (including phenoxy) is 1. The third-order valence-electron chi connectivity index (χ3n) is 2.47. The van der Waals surface area contributed by atoms with E-state index in [-0.39, 0.29) is 12.5 Å². The van der Waals surface area contributed by atoms with Crippen molar-refractivity contribution in [2.75, 3.05) is 19.7 Å². The van der Waals surface area contributed by atoms with Gasteiger partial charge in [-0.05, 0) is 26.3 Å². The summed E-state index contributed by atoms with van der Waals surface area (Å²) in [6.07, 6.45) is 1.57. The zero-order valence-corrected chi connectivity index (χ0v) is 9.23. The van der Waals surface area contributed by atoms with Crippen LogP contribution in [0.3, 0.4) is 0 Å². The third kappa shape index (κ3) is 2.98. The van der Waals surface area contributed by atoms with E-state index in [2.05, 4.69) is 14.8 Å². The number of nitrogens with one attached hydrogen (secondary N) is 1. The highest BCUT2D eigenvalue weighted by atomic mass is 16.5. The Bertz CT molecular complexity index is 328. The number of rotatable bonds is 4. The number of hydrogen-bond donors (Lipinski definition) is 1. The fourth-order valence-electron chi connectivity index (χ4n) is 1.66. The highest BCUT2D eigenvalue weighted by Gasteiger charge is 2.36. The molecule has 0 aromatic rings. The van der Waals surface area contributed by atoms with Gasteiger partial charge in [-0.2, -0.15) is 4.79 Å². The van der Waals surface area contributed by atoms with Crippen LogP contribution in [0, 0.1) is 5.92 Å². The molecule has 0 aromatic heterocycles. The number of Topliss-reactive ketones (excluding diaryl/α,β-unsaturated/α-hetero) is 1. The lowest BCUT2D eigenvalue weighted by Crippen LogP contribution is -2.40. The second-order valence-electron chi connectivity index (χ2n) is 3.58. The van der Waals surface area contributed by atoms with Crippen molar-refractivity contribution in [2.24, 2.45) is 5.92 Å². The Kier molecular flexibility index (Phi) is 4.82. The zero-order valence-electron chi connectivity index (χ0n) is 9.23. The van der Waals surface area contributed by atoms with E-state index in [4.69, 9.17) is 5.53 Å². The van der Waals surface area contributed by atoms with Crippen molar-refractivity contribution in [2.45, 2.75) is 19.8 Å². The van der Waals surface area contributed by atoms with E-state index in [9.17, 15) is 9.59 Å². The average molecular weight is 225 g/mol. The molecule has 0 aliphatic carbocycles. The Hall–Kier alpha value is -1.52. The summed E-state index contributed by atoms with van der Waals surface area (Å²) in [7, 11) is 0. The summed E-state index contributed by atoms with van der Waals surface area (Å²) in [5.74, 6) is -1.61. The molecular weight excluding hydrogens is 210 g/mol. The van der Waals surface area contributed by atoms with Crippen molar-refractivity contribution >= 4 is 17.5 Å². The molecule has 0 spiro atoms. The molecule has 1 saturated heterocycles. The van der Waals surface area contributed by atoms with Gasteiger partial charge in [-0.3, -0.25) is 4.79 Å². The summed E-state index contributed by atoms with van der Waals surface area (Å²) in [6.45, 7) is 3.15. The van der Waals surface area contributed by atoms with Crippen LogP contribution in [0.15, 0.2) is 0 Å². The van der Waals surface area contributed by atoms with Crippen molar-refractivity contribution < 1.29 is 19.1 Å². The number of esters is 1. The quantitative estimate of drug-likeness (QED) is 0.235. The van der Waals surface area contributed by atoms with Gasteiger partial charge in [0.25, 0.3) is 5.78 Å². The van der Waals surface area contributed by atoms with E-state index in [1.165, 1.54) is 0 Å². The Balaban J connectivity index is 2.69. The van der Waals surface area contributed by atoms with Crippen LogP contribution in [0.25, 0.3) is 5.53 Å². The molecule has 0 aromatic carbocycles. The minimum atomic E-state index is -0.861. The molecule has 1 fully saturated rings. The molecule has 0 bridgehead atoms. The van der Waals surface area contributed by atoms with Crippen molar-refractivity contribution in [1.82, 2.24) is 5.32 Å². The Morgan fingerprint density at radius 2 is 2.31 bits per heavy atom. The van der Waals surface area contributed by atoms with Gasteiger partial charge in [-0.1, -0.05) is 0 Å². The van der Waals surface area contributed by atoms with Crippen LogP contribution in [0.5, 0.6) is 0 Å². The number of hydrogen-bond acceptors (Lipinski definition) is 4. The minimum absolute atomic E-state index is 0.147. The van der Waals surface area contributed by atoms with Crippen molar-refractivity contribution in [3.8, 4) is 0 Å². The molecule has 88 valence electrons. The maximum Gasteiger partial charge on any atom is 0.441 e. The summed E-state index contributed by atoms with van der Waals surface area (Å²) >= 11 is 0. The first-order chi connectivity index (χ1) is 7.70. The summed E-state index contributed by atoms with van der Waals surface area (Å²) in [5, 5.41) is 3.06. The lowest BCUT2D eigenvalue weighted by Gasteiger charge is -2.19. The molecule has 1 unspecified atom stereocenters. The number of nitrogens with zero attached hydrogens (tertiary/aromatic N) is 2. The van der Waals surface area contributed by atoms with Crippen LogP contribution in [0.4, 0.5) is 0 Å². The van der Waals surface area contributed by atoms with Gasteiger partial charge in [-0.15, -0.1) is 0 Å². The average Bonchev–Trinajstić information content (AvgIpc) is 2.31. The molecule has 16 heavy (non-hydrogen) atoms. The molecule has 6 nitrogen and oxygen atoms in total. The maximum atomic E-state index is 11.8. The van der Waals surface area contributed by atoms with Gasteiger partial charge in [-0.25, -0.2) is 4.79 Å². The minimum Gasteiger partial charge on any atom is -0.457 e. The molecule has 1 rings (SSSR count). The monoisotopic (exact) mass is 225 g/mol. The van der Waals surface area contributed by atoms with Gasteiger partial charge in [0.2, 0.25) is 0 Å². The normalized spacial score (nSPS) is 19.7. The van der Waals surface area contributed by atoms with E-state index >= 15 is 0 Å². The number of carbonyl (C=O) groups excluding carboxylic acids is 2. The molecule has 0 amide bonds. The number of piperidine rings is 1. The van der Waals surface area contributed by atoms with E-state index < -0.39 is 17.5 Å². The van der Waals surface area contributed by atoms with Crippen molar-refractivity contribution in [1.29, 1.82) is 0 Å². The van der Waals surface area contributed by atoms with E-state index in [0.29, 0.717) is 13.0 Å². The number of carbonyl (C=O) groups is 2. The van der Waals surface area contributed by atoms with Gasteiger partial charge >= 0.3 is 11.7 Å². The molecule has 1 atom stereocenters. The largest absolute Gasteiger partial charge is 0.457 e. The van der Waals surface area contributed by atoms with Crippen LogP contribution in [-0.2, 0) is 14.3 Å². The van der Waals surface area contributed by atoms with Gasteiger partial charge in [0.1, 0.15) is 0 Å². The highest BCUT2D eigenvalue weighted by Crippen LogP contribution is 2.11. The molecule has 6 heteroatoms. The van der Waals surface area contributed by atoms with Gasteiger partial charge < -0.3 is 15.6 Å². The highest BCUT2D eigenvalue weighted by molar-refractivity contribution is 6.62. The summed E-state index contributed by atoms with van der Waals surface area (Å²) in [6, 6.07) is 0. The molecule has 0 radical (unpaired) electrons. The Morgan fingerprint density at radius 3 is 2.81 bits per heavy atom. The lowest BCUT2D eigenvalue weighted by molar-refractivity contribution is -0.142. The topological polar surface area (TPSA) is 91.8 Å². The fraction of sp³-hybridized carbons (Fsp3) is 0.700. The molecule has 1 N–H and O–H groups in total. The van der Waals surface area contributed by atoms with Gasteiger partial charge in [0.05, 0.1) is 6.61 Å². The van der Waals surface area contributed by atoms with Crippen LogP contribution in [0.2, 0.25) is 0 Å². The molecule has 0 saturated carbocycles. The second-order valence-corrected chi connectivity index (χ2v) is 3.58. The molecule has 1 aliphatic rings. The Morgan fingerprint density at radius 1 is 1.56 bits per heavy atom. The van der Waals surface area contributed by atoms with E-state index in [1.54, 1.807) is 6.92 Å². The SMILES string of the molecule is CCOC(=O)C(=[N+]=[N-])C(=O)C1CCCNC1. The summed E-state index contributed by atoms with van der Waals surface area (Å²) in [4.78, 5) is 25.9. The van der Waals surface area contributed by atoms with E-state index in [1.807, 2.05) is 0 Å². The third-order valence-corrected chi connectivity index (χ3v) is 2.47. The zero-order chi connectivity index (χ0) is 12.0. The van der Waals surface area contributed by atoms with Gasteiger partial charge in [0.15, 0.2) is 0 Å².